The molecule has 1 aliphatic rings. The first kappa shape index (κ1) is 13.7. The van der Waals surface area contributed by atoms with Crippen LogP contribution in [0.5, 0.6) is 5.75 Å². The van der Waals surface area contributed by atoms with Crippen molar-refractivity contribution in [2.75, 3.05) is 7.11 Å². The maximum atomic E-state index is 5.50. The second-order valence-electron chi connectivity index (χ2n) is 4.79. The number of hydrogen-bond donors (Lipinski definition) is 3. The van der Waals surface area contributed by atoms with E-state index in [1.165, 1.54) is 25.7 Å². The minimum Gasteiger partial charge on any atom is -0.497 e. The van der Waals surface area contributed by atoms with Gasteiger partial charge in [-0.05, 0) is 30.5 Å². The molecule has 0 heterocycles. The highest BCUT2D eigenvalue weighted by Crippen LogP contribution is 2.17. The van der Waals surface area contributed by atoms with Crippen molar-refractivity contribution < 1.29 is 4.74 Å². The number of hydrazine groups is 1. The van der Waals surface area contributed by atoms with Crippen LogP contribution in [0.1, 0.15) is 31.2 Å². The van der Waals surface area contributed by atoms with Crippen molar-refractivity contribution in [3.8, 4) is 5.75 Å². The smallest absolute Gasteiger partial charge is 0.206 e. The molecule has 1 aliphatic carbocycles. The minimum atomic E-state index is 0.500. The highest BCUT2D eigenvalue weighted by molar-refractivity contribution is 5.79. The van der Waals surface area contributed by atoms with Crippen LogP contribution in [-0.2, 0) is 6.54 Å². The molecule has 1 aromatic rings. The quantitative estimate of drug-likeness (QED) is 0.333. The van der Waals surface area contributed by atoms with Crippen molar-refractivity contribution in [1.29, 1.82) is 0 Å². The fraction of sp³-hybridized carbons (Fsp3) is 0.500. The van der Waals surface area contributed by atoms with Crippen molar-refractivity contribution in [3.63, 3.8) is 0 Å². The van der Waals surface area contributed by atoms with Gasteiger partial charge in [-0.2, -0.15) is 0 Å². The number of guanidine groups is 1. The van der Waals surface area contributed by atoms with Crippen LogP contribution in [-0.4, -0.2) is 19.1 Å². The van der Waals surface area contributed by atoms with Crippen molar-refractivity contribution in [3.05, 3.63) is 29.8 Å². The SMILES string of the molecule is COc1cccc(CN=C(NN)NC2CCCC2)c1. The fourth-order valence-electron chi connectivity index (χ4n) is 2.34. The molecule has 2 rings (SSSR count). The molecular formula is C14H22N4O. The highest BCUT2D eigenvalue weighted by Gasteiger charge is 2.15. The number of nitrogens with two attached hydrogens (primary N) is 1. The lowest BCUT2D eigenvalue weighted by Crippen LogP contribution is -2.45. The highest BCUT2D eigenvalue weighted by atomic mass is 16.5. The van der Waals surface area contributed by atoms with E-state index in [0.717, 1.165) is 11.3 Å². The van der Waals surface area contributed by atoms with E-state index in [2.05, 4.69) is 15.7 Å². The topological polar surface area (TPSA) is 71.7 Å². The Kier molecular flexibility index (Phi) is 5.03. The number of benzene rings is 1. The normalized spacial score (nSPS) is 16.4. The first-order valence-electron chi connectivity index (χ1n) is 6.72. The first-order chi connectivity index (χ1) is 9.31. The van der Waals surface area contributed by atoms with Crippen molar-refractivity contribution in [2.24, 2.45) is 10.8 Å². The average Bonchev–Trinajstić information content (AvgIpc) is 2.96. The maximum Gasteiger partial charge on any atom is 0.206 e. The predicted octanol–water partition coefficient (Wildman–Crippen LogP) is 1.55. The molecule has 104 valence electrons. The number of nitrogens with zero attached hydrogens (tertiary/aromatic N) is 1. The number of nitrogens with one attached hydrogen (secondary N) is 2. The first-order valence-corrected chi connectivity index (χ1v) is 6.72. The van der Waals surface area contributed by atoms with E-state index in [1.807, 2.05) is 24.3 Å². The van der Waals surface area contributed by atoms with Gasteiger partial charge in [-0.1, -0.05) is 25.0 Å². The lowest BCUT2D eigenvalue weighted by molar-refractivity contribution is 0.414. The summed E-state index contributed by atoms with van der Waals surface area (Å²) >= 11 is 0. The van der Waals surface area contributed by atoms with Gasteiger partial charge < -0.3 is 10.1 Å². The third-order valence-corrected chi connectivity index (χ3v) is 3.39. The predicted molar refractivity (Wildman–Crippen MR) is 76.8 cm³/mol. The zero-order valence-corrected chi connectivity index (χ0v) is 11.4. The van der Waals surface area contributed by atoms with Crippen molar-refractivity contribution in [2.45, 2.75) is 38.3 Å². The maximum absolute atomic E-state index is 5.50. The molecule has 0 amide bonds. The van der Waals surface area contributed by atoms with Gasteiger partial charge in [-0.25, -0.2) is 10.8 Å². The Labute approximate surface area is 114 Å². The van der Waals surface area contributed by atoms with Gasteiger partial charge >= 0.3 is 0 Å². The van der Waals surface area contributed by atoms with E-state index in [0.29, 0.717) is 18.5 Å². The largest absolute Gasteiger partial charge is 0.497 e. The van der Waals surface area contributed by atoms with Crippen LogP contribution in [0.15, 0.2) is 29.3 Å². The zero-order valence-electron chi connectivity index (χ0n) is 11.4. The fourth-order valence-corrected chi connectivity index (χ4v) is 2.34. The van der Waals surface area contributed by atoms with E-state index < -0.39 is 0 Å². The van der Waals surface area contributed by atoms with Crippen LogP contribution in [0, 0.1) is 0 Å². The van der Waals surface area contributed by atoms with Crippen molar-refractivity contribution >= 4 is 5.96 Å². The number of hydrogen-bond acceptors (Lipinski definition) is 3. The third-order valence-electron chi connectivity index (χ3n) is 3.39. The van der Waals surface area contributed by atoms with Gasteiger partial charge in [0.25, 0.3) is 0 Å². The van der Waals surface area contributed by atoms with Gasteiger partial charge in [-0.15, -0.1) is 0 Å². The molecule has 0 aromatic heterocycles. The lowest BCUT2D eigenvalue weighted by Gasteiger charge is -2.15. The van der Waals surface area contributed by atoms with E-state index in [9.17, 15) is 0 Å². The van der Waals surface area contributed by atoms with Crippen LogP contribution in [0.25, 0.3) is 0 Å². The van der Waals surface area contributed by atoms with E-state index in [-0.39, 0.29) is 0 Å². The molecule has 0 radical (unpaired) electrons. The summed E-state index contributed by atoms with van der Waals surface area (Å²) in [6, 6.07) is 8.39. The number of ether oxygens (including phenoxy) is 1. The summed E-state index contributed by atoms with van der Waals surface area (Å²) in [5, 5.41) is 3.35. The summed E-state index contributed by atoms with van der Waals surface area (Å²) in [6.45, 7) is 0.580. The molecule has 0 unspecified atom stereocenters. The Hall–Kier alpha value is -1.75. The standard InChI is InChI=1S/C14H22N4O/c1-19-13-8-4-5-11(9-13)10-16-14(18-15)17-12-6-2-3-7-12/h4-5,8-9,12H,2-3,6-7,10,15H2,1H3,(H2,16,17,18). The van der Waals surface area contributed by atoms with Gasteiger partial charge in [0.2, 0.25) is 5.96 Å². The molecule has 0 spiro atoms. The van der Waals surface area contributed by atoms with Crippen LogP contribution in [0.3, 0.4) is 0 Å². The molecule has 0 aliphatic heterocycles. The summed E-state index contributed by atoms with van der Waals surface area (Å²) in [5.41, 5.74) is 3.73. The monoisotopic (exact) mass is 262 g/mol. The zero-order chi connectivity index (χ0) is 13.5. The Morgan fingerprint density at radius 1 is 1.42 bits per heavy atom. The Morgan fingerprint density at radius 2 is 2.21 bits per heavy atom. The molecular weight excluding hydrogens is 240 g/mol. The van der Waals surface area contributed by atoms with Crippen LogP contribution in [0.2, 0.25) is 0 Å². The molecule has 0 atom stereocenters. The Balaban J connectivity index is 1.93. The molecule has 19 heavy (non-hydrogen) atoms. The molecule has 0 bridgehead atoms. The summed E-state index contributed by atoms with van der Waals surface area (Å²) in [6.07, 6.45) is 4.95. The molecule has 1 aromatic carbocycles. The third kappa shape index (κ3) is 4.13. The minimum absolute atomic E-state index is 0.500. The molecule has 1 fully saturated rings. The van der Waals surface area contributed by atoms with Crippen molar-refractivity contribution in [1.82, 2.24) is 10.7 Å². The summed E-state index contributed by atoms with van der Waals surface area (Å²) in [5.74, 6) is 7.01. The Morgan fingerprint density at radius 3 is 2.89 bits per heavy atom. The lowest BCUT2D eigenvalue weighted by atomic mass is 10.2. The number of rotatable bonds is 4. The second kappa shape index (κ2) is 6.99. The van der Waals surface area contributed by atoms with Crippen LogP contribution < -0.4 is 21.3 Å². The van der Waals surface area contributed by atoms with Crippen LogP contribution in [0.4, 0.5) is 0 Å². The second-order valence-corrected chi connectivity index (χ2v) is 4.79. The molecule has 0 saturated heterocycles. The molecule has 5 heteroatoms. The van der Waals surface area contributed by atoms with E-state index >= 15 is 0 Å². The van der Waals surface area contributed by atoms with Gasteiger partial charge in [0.05, 0.1) is 13.7 Å². The van der Waals surface area contributed by atoms with Gasteiger partial charge in [0, 0.05) is 6.04 Å². The Bertz CT molecular complexity index is 427. The summed E-state index contributed by atoms with van der Waals surface area (Å²) < 4.78 is 5.19. The van der Waals surface area contributed by atoms with Gasteiger partial charge in [-0.3, -0.25) is 5.43 Å². The molecule has 1 saturated carbocycles. The molecule has 4 N–H and O–H groups in total. The summed E-state index contributed by atoms with van der Waals surface area (Å²) in [7, 11) is 1.66. The summed E-state index contributed by atoms with van der Waals surface area (Å²) in [4.78, 5) is 4.47. The molecule has 5 nitrogen and oxygen atoms in total. The van der Waals surface area contributed by atoms with E-state index in [1.54, 1.807) is 7.11 Å². The number of aliphatic imine (C=N–C) groups is 1. The van der Waals surface area contributed by atoms with Gasteiger partial charge in [0.1, 0.15) is 5.75 Å². The van der Waals surface area contributed by atoms with Gasteiger partial charge in [0.15, 0.2) is 0 Å². The average molecular weight is 262 g/mol. The van der Waals surface area contributed by atoms with E-state index in [4.69, 9.17) is 10.6 Å². The van der Waals surface area contributed by atoms with Crippen LogP contribution >= 0.6 is 0 Å². The number of methoxy groups -OCH3 is 1.